The highest BCUT2D eigenvalue weighted by molar-refractivity contribution is 8.14. The minimum absolute atomic E-state index is 0. The van der Waals surface area contributed by atoms with E-state index >= 15 is 0 Å². The SMILES string of the molecule is C.C=C(C)C(=O)SCCOCCOCCSC(=O)CCC(=O)SCCOCCOCCSC(=O)C(=C)C. The van der Waals surface area contributed by atoms with Gasteiger partial charge in [0, 0.05) is 35.9 Å². The monoisotopic (exact) mass is 598 g/mol. The molecule has 8 nitrogen and oxygen atoms in total. The fourth-order valence-corrected chi connectivity index (χ4v) is 4.67. The van der Waals surface area contributed by atoms with Crippen LogP contribution in [0.1, 0.15) is 34.1 Å². The third-order valence-corrected chi connectivity index (χ3v) is 7.63. The van der Waals surface area contributed by atoms with Crippen LogP contribution in [0.25, 0.3) is 0 Å². The van der Waals surface area contributed by atoms with Gasteiger partial charge in [0.15, 0.2) is 10.2 Å². The lowest BCUT2D eigenvalue weighted by atomic mass is 10.4. The molecule has 37 heavy (non-hydrogen) atoms. The maximum Gasteiger partial charge on any atom is 0.214 e. The third kappa shape index (κ3) is 26.8. The van der Waals surface area contributed by atoms with Crippen LogP contribution < -0.4 is 0 Å². The average Bonchev–Trinajstić information content (AvgIpc) is 2.84. The molecule has 0 spiro atoms. The van der Waals surface area contributed by atoms with E-state index in [0.717, 1.165) is 23.5 Å². The van der Waals surface area contributed by atoms with Crippen molar-refractivity contribution in [3.05, 3.63) is 24.3 Å². The number of hydrogen-bond donors (Lipinski definition) is 0. The molecule has 0 heterocycles. The number of ether oxygens (including phenoxy) is 4. The van der Waals surface area contributed by atoms with Crippen molar-refractivity contribution in [1.82, 2.24) is 0 Å². The van der Waals surface area contributed by atoms with Crippen LogP contribution in [0.2, 0.25) is 0 Å². The Bertz CT molecular complexity index is 642. The second-order valence-electron chi connectivity index (χ2n) is 7.22. The molecule has 0 unspecified atom stereocenters. The first kappa shape index (κ1) is 38.5. The molecule has 0 aromatic rings. The van der Waals surface area contributed by atoms with Crippen LogP contribution in [-0.4, -0.2) is 96.3 Å². The Kier molecular flexibility index (Phi) is 28.1. The van der Waals surface area contributed by atoms with Gasteiger partial charge in [-0.1, -0.05) is 67.6 Å². The molecular formula is C25H42O8S4. The van der Waals surface area contributed by atoms with Gasteiger partial charge in [-0.05, 0) is 25.0 Å². The van der Waals surface area contributed by atoms with E-state index in [1.54, 1.807) is 13.8 Å². The van der Waals surface area contributed by atoms with Gasteiger partial charge in [0.05, 0.1) is 52.9 Å². The molecule has 214 valence electrons. The molecule has 0 saturated carbocycles. The molecule has 0 aliphatic heterocycles. The molecule has 0 aromatic heterocycles. The quantitative estimate of drug-likeness (QED) is 0.121. The van der Waals surface area contributed by atoms with E-state index < -0.39 is 0 Å². The Balaban J connectivity index is 0. The van der Waals surface area contributed by atoms with Gasteiger partial charge in [-0.3, -0.25) is 19.2 Å². The largest absolute Gasteiger partial charge is 0.378 e. The van der Waals surface area contributed by atoms with E-state index in [1.807, 2.05) is 0 Å². The highest BCUT2D eigenvalue weighted by atomic mass is 32.2. The van der Waals surface area contributed by atoms with Crippen molar-refractivity contribution in [1.29, 1.82) is 0 Å². The summed E-state index contributed by atoms with van der Waals surface area (Å²) in [5.41, 5.74) is 1.06. The van der Waals surface area contributed by atoms with Crippen molar-refractivity contribution in [2.24, 2.45) is 0 Å². The first-order valence-electron chi connectivity index (χ1n) is 11.5. The van der Waals surface area contributed by atoms with Crippen molar-refractivity contribution in [2.45, 2.75) is 34.1 Å². The number of hydrogen-bond acceptors (Lipinski definition) is 12. The van der Waals surface area contributed by atoms with Crippen molar-refractivity contribution < 1.29 is 38.1 Å². The zero-order valence-corrected chi connectivity index (χ0v) is 24.5. The highest BCUT2D eigenvalue weighted by Gasteiger charge is 2.09. The number of carbonyl (C=O) groups excluding carboxylic acids is 4. The fourth-order valence-electron chi connectivity index (χ4n) is 2.05. The summed E-state index contributed by atoms with van der Waals surface area (Å²) in [6.45, 7) is 14.0. The molecule has 0 amide bonds. The summed E-state index contributed by atoms with van der Waals surface area (Å²) in [6.07, 6.45) is 0.418. The van der Waals surface area contributed by atoms with Crippen molar-refractivity contribution in [3.63, 3.8) is 0 Å². The zero-order chi connectivity index (χ0) is 27.0. The summed E-state index contributed by atoms with van der Waals surface area (Å²) < 4.78 is 21.6. The molecule has 0 atom stereocenters. The first-order valence-corrected chi connectivity index (χ1v) is 15.5. The van der Waals surface area contributed by atoms with Crippen LogP contribution in [0.5, 0.6) is 0 Å². The van der Waals surface area contributed by atoms with Crippen LogP contribution in [0.15, 0.2) is 24.3 Å². The smallest absolute Gasteiger partial charge is 0.214 e. The van der Waals surface area contributed by atoms with E-state index in [2.05, 4.69) is 13.2 Å². The molecule has 0 radical (unpaired) electrons. The molecular weight excluding hydrogens is 557 g/mol. The van der Waals surface area contributed by atoms with Crippen LogP contribution in [0.4, 0.5) is 0 Å². The molecule has 0 bridgehead atoms. The van der Waals surface area contributed by atoms with Crippen LogP contribution in [-0.2, 0) is 38.1 Å². The lowest BCUT2D eigenvalue weighted by Gasteiger charge is -2.06. The van der Waals surface area contributed by atoms with Gasteiger partial charge >= 0.3 is 0 Å². The van der Waals surface area contributed by atoms with E-state index in [4.69, 9.17) is 18.9 Å². The number of carbonyl (C=O) groups is 4. The summed E-state index contributed by atoms with van der Waals surface area (Å²) in [6, 6.07) is 0. The van der Waals surface area contributed by atoms with Gasteiger partial charge in [0.25, 0.3) is 0 Å². The van der Waals surface area contributed by atoms with Crippen molar-refractivity contribution in [2.75, 3.05) is 75.9 Å². The number of thioether (sulfide) groups is 4. The van der Waals surface area contributed by atoms with E-state index in [-0.39, 0.29) is 40.7 Å². The van der Waals surface area contributed by atoms with Crippen molar-refractivity contribution in [3.8, 4) is 0 Å². The summed E-state index contributed by atoms with van der Waals surface area (Å²) in [7, 11) is 0. The van der Waals surface area contributed by atoms with Gasteiger partial charge in [-0.25, -0.2) is 0 Å². The maximum atomic E-state index is 11.9. The normalized spacial score (nSPS) is 10.5. The van der Waals surface area contributed by atoms with Gasteiger partial charge in [0.2, 0.25) is 10.2 Å². The lowest BCUT2D eigenvalue weighted by Crippen LogP contribution is -2.10. The Morgan fingerprint density at radius 3 is 1.05 bits per heavy atom. The molecule has 0 aliphatic carbocycles. The number of rotatable bonds is 23. The summed E-state index contributed by atoms with van der Waals surface area (Å²) in [5, 5.41) is -0.103. The van der Waals surface area contributed by atoms with Crippen LogP contribution in [0.3, 0.4) is 0 Å². The van der Waals surface area contributed by atoms with E-state index in [1.165, 1.54) is 23.5 Å². The van der Waals surface area contributed by atoms with Gasteiger partial charge in [-0.2, -0.15) is 0 Å². The molecule has 0 aliphatic rings. The predicted octanol–water partition coefficient (Wildman–Crippen LogP) is 4.66. The minimum atomic E-state index is -0.0282. The Hall–Kier alpha value is -0.600. The Morgan fingerprint density at radius 1 is 0.514 bits per heavy atom. The Labute approximate surface area is 239 Å². The predicted molar refractivity (Wildman–Crippen MR) is 159 cm³/mol. The van der Waals surface area contributed by atoms with Crippen LogP contribution >= 0.6 is 47.0 Å². The first-order chi connectivity index (χ1) is 17.2. The second kappa shape index (κ2) is 27.0. The maximum absolute atomic E-state index is 11.9. The minimum Gasteiger partial charge on any atom is -0.378 e. The summed E-state index contributed by atoms with van der Waals surface area (Å²) in [4.78, 5) is 46.4. The standard InChI is InChI=1S/C24H38O8S4.CH4/c1-19(2)23(27)35-17-13-31-9-7-29-11-15-33-21(25)5-6-22(26)34-16-12-30-8-10-32-14-18-36-24(28)20(3)4;/h1,3,5-18H2,2,4H3;1H4. The molecule has 0 fully saturated rings. The molecule has 0 aromatic carbocycles. The Morgan fingerprint density at radius 2 is 0.784 bits per heavy atom. The zero-order valence-electron chi connectivity index (χ0n) is 21.2. The van der Waals surface area contributed by atoms with Gasteiger partial charge in [-0.15, -0.1) is 0 Å². The van der Waals surface area contributed by atoms with Crippen LogP contribution in [0, 0.1) is 0 Å². The lowest BCUT2D eigenvalue weighted by molar-refractivity contribution is -0.115. The highest BCUT2D eigenvalue weighted by Crippen LogP contribution is 2.13. The molecule has 0 rings (SSSR count). The van der Waals surface area contributed by atoms with Crippen molar-refractivity contribution >= 4 is 67.5 Å². The summed E-state index contributed by atoms with van der Waals surface area (Å²) >= 11 is 4.70. The summed E-state index contributed by atoms with van der Waals surface area (Å²) in [5.74, 6) is 2.22. The van der Waals surface area contributed by atoms with Gasteiger partial charge in [0.1, 0.15) is 0 Å². The fraction of sp³-hybridized carbons (Fsp3) is 0.680. The van der Waals surface area contributed by atoms with E-state index in [9.17, 15) is 19.2 Å². The van der Waals surface area contributed by atoms with Gasteiger partial charge < -0.3 is 18.9 Å². The third-order valence-electron chi connectivity index (χ3n) is 3.88. The molecule has 0 N–H and O–H groups in total. The average molecular weight is 599 g/mol. The molecule has 0 saturated heterocycles. The second-order valence-corrected chi connectivity index (χ2v) is 11.7. The molecule has 12 heteroatoms. The topological polar surface area (TPSA) is 105 Å². The van der Waals surface area contributed by atoms with E-state index in [0.29, 0.717) is 87.0 Å².